The number of aromatic nitrogens is 1. The van der Waals surface area contributed by atoms with Gasteiger partial charge in [-0.3, -0.25) is 0 Å². The Morgan fingerprint density at radius 1 is 1.04 bits per heavy atom. The van der Waals surface area contributed by atoms with Crippen LogP contribution in [-0.2, 0) is 6.42 Å². The van der Waals surface area contributed by atoms with E-state index >= 15 is 0 Å². The Labute approximate surface area is 137 Å². The van der Waals surface area contributed by atoms with Crippen LogP contribution in [0.15, 0.2) is 36.5 Å². The van der Waals surface area contributed by atoms with Crippen LogP contribution in [0, 0.1) is 11.3 Å². The molecular formula is C19H20N4. The standard InChI is InChI=1S/C19H20N4/c20-8-12-22-11-7-16-13-15(3-5-18(16)22)17-4-6-19(21-14-17)23-9-1-2-10-23/h3-6,13-14H,1-2,7,9-12H2. The summed E-state index contributed by atoms with van der Waals surface area (Å²) >= 11 is 0. The molecule has 1 saturated heterocycles. The van der Waals surface area contributed by atoms with Crippen LogP contribution in [0.3, 0.4) is 0 Å². The van der Waals surface area contributed by atoms with Crippen molar-refractivity contribution in [3.05, 3.63) is 42.1 Å². The SMILES string of the molecule is N#CCN1CCc2cc(-c3ccc(N4CCCC4)nc3)ccc21. The fraction of sp³-hybridized carbons (Fsp3) is 0.368. The normalized spacial score (nSPS) is 16.5. The van der Waals surface area contributed by atoms with Gasteiger partial charge in [-0.2, -0.15) is 5.26 Å². The third-order valence-corrected chi connectivity index (χ3v) is 4.84. The Bertz CT molecular complexity index is 739. The second-order valence-corrected chi connectivity index (χ2v) is 6.27. The van der Waals surface area contributed by atoms with Gasteiger partial charge in [0.1, 0.15) is 12.4 Å². The number of benzene rings is 1. The molecule has 116 valence electrons. The molecule has 0 unspecified atom stereocenters. The molecule has 4 nitrogen and oxygen atoms in total. The maximum absolute atomic E-state index is 8.90. The summed E-state index contributed by atoms with van der Waals surface area (Å²) < 4.78 is 0. The van der Waals surface area contributed by atoms with Gasteiger partial charge in [-0.1, -0.05) is 6.07 Å². The first-order valence-electron chi connectivity index (χ1n) is 8.31. The molecule has 0 saturated carbocycles. The molecule has 1 aromatic heterocycles. The summed E-state index contributed by atoms with van der Waals surface area (Å²) in [7, 11) is 0. The minimum Gasteiger partial charge on any atom is -0.358 e. The van der Waals surface area contributed by atoms with E-state index in [1.54, 1.807) is 0 Å². The van der Waals surface area contributed by atoms with Crippen molar-refractivity contribution in [2.24, 2.45) is 0 Å². The largest absolute Gasteiger partial charge is 0.358 e. The zero-order valence-corrected chi connectivity index (χ0v) is 13.2. The number of rotatable bonds is 3. The Balaban J connectivity index is 1.58. The van der Waals surface area contributed by atoms with Gasteiger partial charge in [-0.05, 0) is 54.7 Å². The molecule has 0 radical (unpaired) electrons. The van der Waals surface area contributed by atoms with Gasteiger partial charge in [0.25, 0.3) is 0 Å². The van der Waals surface area contributed by atoms with E-state index < -0.39 is 0 Å². The fourth-order valence-electron chi connectivity index (χ4n) is 3.59. The molecule has 2 aromatic rings. The van der Waals surface area contributed by atoms with Crippen molar-refractivity contribution in [3.8, 4) is 17.2 Å². The van der Waals surface area contributed by atoms with E-state index in [4.69, 9.17) is 5.26 Å². The Kier molecular flexibility index (Phi) is 3.63. The maximum Gasteiger partial charge on any atom is 0.128 e. The number of anilines is 2. The molecular weight excluding hydrogens is 284 g/mol. The average molecular weight is 304 g/mol. The van der Waals surface area contributed by atoms with Crippen molar-refractivity contribution in [1.29, 1.82) is 5.26 Å². The molecule has 0 amide bonds. The van der Waals surface area contributed by atoms with Crippen LogP contribution in [0.1, 0.15) is 18.4 Å². The lowest BCUT2D eigenvalue weighted by molar-refractivity contribution is 0.909. The molecule has 1 aromatic carbocycles. The van der Waals surface area contributed by atoms with Crippen LogP contribution in [0.5, 0.6) is 0 Å². The molecule has 4 heteroatoms. The lowest BCUT2D eigenvalue weighted by Gasteiger charge is -2.17. The van der Waals surface area contributed by atoms with Gasteiger partial charge in [-0.25, -0.2) is 4.98 Å². The molecule has 3 heterocycles. The molecule has 0 N–H and O–H groups in total. The zero-order valence-electron chi connectivity index (χ0n) is 13.2. The number of nitrogens with zero attached hydrogens (tertiary/aromatic N) is 4. The summed E-state index contributed by atoms with van der Waals surface area (Å²) in [4.78, 5) is 9.15. The van der Waals surface area contributed by atoms with Crippen LogP contribution in [0.4, 0.5) is 11.5 Å². The summed E-state index contributed by atoms with van der Waals surface area (Å²) in [6.07, 6.45) is 5.54. The number of hydrogen-bond acceptors (Lipinski definition) is 4. The van der Waals surface area contributed by atoms with E-state index in [9.17, 15) is 0 Å². The average Bonchev–Trinajstić information content (AvgIpc) is 3.25. The van der Waals surface area contributed by atoms with Gasteiger partial charge >= 0.3 is 0 Å². The quantitative estimate of drug-likeness (QED) is 0.817. The first-order chi connectivity index (χ1) is 11.3. The van der Waals surface area contributed by atoms with Crippen molar-refractivity contribution in [1.82, 2.24) is 4.98 Å². The minimum absolute atomic E-state index is 0.471. The molecule has 0 atom stereocenters. The highest BCUT2D eigenvalue weighted by Crippen LogP contribution is 2.32. The van der Waals surface area contributed by atoms with Gasteiger partial charge in [-0.15, -0.1) is 0 Å². The Morgan fingerprint density at radius 3 is 2.61 bits per heavy atom. The number of fused-ring (bicyclic) bond motifs is 1. The van der Waals surface area contributed by atoms with E-state index in [0.29, 0.717) is 6.54 Å². The smallest absolute Gasteiger partial charge is 0.128 e. The molecule has 1 fully saturated rings. The van der Waals surface area contributed by atoms with Gasteiger partial charge in [0, 0.05) is 37.1 Å². The van der Waals surface area contributed by atoms with E-state index in [-0.39, 0.29) is 0 Å². The van der Waals surface area contributed by atoms with Crippen LogP contribution in [-0.4, -0.2) is 31.2 Å². The summed E-state index contributed by atoms with van der Waals surface area (Å²) in [5.41, 5.74) is 4.91. The zero-order chi connectivity index (χ0) is 15.6. The third-order valence-electron chi connectivity index (χ3n) is 4.84. The molecule has 4 rings (SSSR count). The highest BCUT2D eigenvalue weighted by molar-refractivity contribution is 5.71. The number of pyridine rings is 1. The van der Waals surface area contributed by atoms with Crippen molar-refractivity contribution in [3.63, 3.8) is 0 Å². The predicted molar refractivity (Wildman–Crippen MR) is 92.7 cm³/mol. The highest BCUT2D eigenvalue weighted by Gasteiger charge is 2.19. The second-order valence-electron chi connectivity index (χ2n) is 6.27. The van der Waals surface area contributed by atoms with Crippen LogP contribution in [0.2, 0.25) is 0 Å². The summed E-state index contributed by atoms with van der Waals surface area (Å²) in [6, 6.07) is 13.1. The summed E-state index contributed by atoms with van der Waals surface area (Å²) in [5, 5.41) is 8.90. The van der Waals surface area contributed by atoms with E-state index in [1.807, 2.05) is 6.20 Å². The van der Waals surface area contributed by atoms with Crippen LogP contribution in [0.25, 0.3) is 11.1 Å². The van der Waals surface area contributed by atoms with Crippen molar-refractivity contribution in [2.45, 2.75) is 19.3 Å². The minimum atomic E-state index is 0.471. The molecule has 2 aliphatic heterocycles. The van der Waals surface area contributed by atoms with E-state index in [2.05, 4.69) is 51.2 Å². The molecule has 0 aliphatic carbocycles. The van der Waals surface area contributed by atoms with Crippen LogP contribution >= 0.6 is 0 Å². The third kappa shape index (κ3) is 2.63. The van der Waals surface area contributed by atoms with Gasteiger partial charge in [0.05, 0.1) is 6.07 Å². The van der Waals surface area contributed by atoms with Crippen molar-refractivity contribution >= 4 is 11.5 Å². The topological polar surface area (TPSA) is 43.2 Å². The monoisotopic (exact) mass is 304 g/mol. The molecule has 23 heavy (non-hydrogen) atoms. The lowest BCUT2D eigenvalue weighted by Crippen LogP contribution is -2.20. The summed E-state index contributed by atoms with van der Waals surface area (Å²) in [5.74, 6) is 1.09. The van der Waals surface area contributed by atoms with Crippen molar-refractivity contribution < 1.29 is 0 Å². The number of nitriles is 1. The van der Waals surface area contributed by atoms with Crippen LogP contribution < -0.4 is 9.80 Å². The Hall–Kier alpha value is -2.54. The van der Waals surface area contributed by atoms with E-state index in [0.717, 1.165) is 37.4 Å². The molecule has 0 spiro atoms. The highest BCUT2D eigenvalue weighted by atomic mass is 15.2. The molecule has 2 aliphatic rings. The second kappa shape index (κ2) is 5.92. The predicted octanol–water partition coefficient (Wildman–Crippen LogP) is 3.23. The first kappa shape index (κ1) is 14.1. The van der Waals surface area contributed by atoms with Gasteiger partial charge in [0.2, 0.25) is 0 Å². The van der Waals surface area contributed by atoms with Crippen molar-refractivity contribution in [2.75, 3.05) is 36.0 Å². The summed E-state index contributed by atoms with van der Waals surface area (Å²) in [6.45, 7) is 3.66. The van der Waals surface area contributed by atoms with E-state index in [1.165, 1.54) is 29.7 Å². The lowest BCUT2D eigenvalue weighted by atomic mass is 10.0. The Morgan fingerprint density at radius 2 is 1.87 bits per heavy atom. The van der Waals surface area contributed by atoms with Gasteiger partial charge in [0.15, 0.2) is 0 Å². The maximum atomic E-state index is 8.90. The number of hydrogen-bond donors (Lipinski definition) is 0. The molecule has 0 bridgehead atoms. The van der Waals surface area contributed by atoms with Gasteiger partial charge < -0.3 is 9.80 Å². The first-order valence-corrected chi connectivity index (χ1v) is 8.31. The fourth-order valence-corrected chi connectivity index (χ4v) is 3.59.